The fourth-order valence-corrected chi connectivity index (χ4v) is 1.14. The molecule has 20 nitrogen and oxygen atoms in total. The van der Waals surface area contributed by atoms with Gasteiger partial charge in [-0.2, -0.15) is 12.8 Å². The number of hydrogen-bond donors (Lipinski definition) is 6. The van der Waals surface area contributed by atoms with Crippen molar-refractivity contribution in [3.05, 3.63) is 59.9 Å². The molecule has 44 heavy (non-hydrogen) atoms. The Morgan fingerprint density at radius 2 is 0.818 bits per heavy atom. The molecule has 0 bridgehead atoms. The first kappa shape index (κ1) is 62.0. The molecule has 0 amide bonds. The summed E-state index contributed by atoms with van der Waals surface area (Å²) in [6.07, 6.45) is 3.31. The van der Waals surface area contributed by atoms with Gasteiger partial charge in [0, 0.05) is 0 Å². The Kier molecular flexibility index (Phi) is 65.6. The van der Waals surface area contributed by atoms with Gasteiger partial charge in [-0.1, -0.05) is 37.1 Å². The molecule has 0 heterocycles. The largest absolute Gasteiger partial charge is 2.00 e. The molecule has 1 rings (SSSR count). The third-order valence-electron chi connectivity index (χ3n) is 2.78. The number of nitrogens with two attached hydrogens (primary N) is 6. The molecule has 14 N–H and O–H groups in total. The number of benzene rings is 1. The van der Waals surface area contributed by atoms with E-state index in [1.54, 1.807) is 13.1 Å². The van der Waals surface area contributed by atoms with E-state index in [0.29, 0.717) is 39.3 Å². The van der Waals surface area contributed by atoms with Crippen molar-refractivity contribution in [3.63, 3.8) is 0 Å². The van der Waals surface area contributed by atoms with Crippen LogP contribution in [0.4, 0.5) is 0 Å². The minimum absolute atomic E-state index is 0. The third-order valence-corrected chi connectivity index (χ3v) is 2.78. The Morgan fingerprint density at radius 1 is 0.614 bits per heavy atom. The minimum Gasteiger partial charge on any atom is -0.677 e. The molecule has 0 spiro atoms. The Bertz CT molecular complexity index is 629. The van der Waals surface area contributed by atoms with E-state index in [4.69, 9.17) is 83.1 Å². The second-order valence-corrected chi connectivity index (χ2v) is 7.83. The Labute approximate surface area is 288 Å². The summed E-state index contributed by atoms with van der Waals surface area (Å²) < 4.78 is 67.9. The maximum absolute atomic E-state index is 10.2. The van der Waals surface area contributed by atoms with Crippen molar-refractivity contribution in [2.75, 3.05) is 39.3 Å². The van der Waals surface area contributed by atoms with E-state index < -0.39 is 32.4 Å². The van der Waals surface area contributed by atoms with E-state index >= 15 is 0 Å². The fourth-order valence-electron chi connectivity index (χ4n) is 1.14. The number of carbonyl (C=O) groups excluding carboxylic acids is 2. The van der Waals surface area contributed by atoms with Crippen LogP contribution in [0.5, 0.6) is 0 Å². The number of carboxylic acid groups (broad SMARTS) is 2. The van der Waals surface area contributed by atoms with Crippen molar-refractivity contribution in [3.8, 4) is 0 Å². The van der Waals surface area contributed by atoms with Crippen molar-refractivity contribution >= 4 is 11.9 Å². The van der Waals surface area contributed by atoms with Gasteiger partial charge in [0.05, 0.1) is 11.9 Å². The number of aromatic carboxylic acids is 2. The molecule has 0 aromatic heterocycles. The van der Waals surface area contributed by atoms with Crippen LogP contribution >= 0.6 is 0 Å². The predicted molar refractivity (Wildman–Crippen MR) is 130 cm³/mol. The molecule has 0 saturated heterocycles. The van der Waals surface area contributed by atoms with Crippen molar-refractivity contribution < 1.29 is 117 Å². The zero-order valence-electron chi connectivity index (χ0n) is 27.4. The second kappa shape index (κ2) is 46.6. The standard InChI is InChI=1S/C8H6O4.4C3H9N2.2ClHO4.2Mn/c9-7(10)5-1-2-6(4-3-5)8(11)12;4*4-2-1-3-5;2*2-1(3,4)5;;/h1-4H,(H,9,10)(H,11,12);2*4H,1-3,5H2;2*2H,1,3-5H2;2*(H,2,3,4,5);;/q;4*-1;;;2*+2. The normalized spacial score (nSPS) is 9.09. The zero-order chi connectivity index (χ0) is 34.6. The van der Waals surface area contributed by atoms with Gasteiger partial charge in [-0.25, -0.2) is 37.3 Å². The molecule has 0 fully saturated rings. The van der Waals surface area contributed by atoms with Crippen LogP contribution in [0.3, 0.4) is 0 Å². The van der Waals surface area contributed by atoms with Crippen molar-refractivity contribution in [1.82, 2.24) is 0 Å². The van der Waals surface area contributed by atoms with Crippen LogP contribution in [0.1, 0.15) is 52.1 Å². The average molecular weight is 769 g/mol. The van der Waals surface area contributed by atoms with E-state index in [9.17, 15) is 19.8 Å². The molecule has 0 aliphatic rings. The molecule has 2 radical (unpaired) electrons. The summed E-state index contributed by atoms with van der Waals surface area (Å²) in [4.78, 5) is 20.4. The van der Waals surface area contributed by atoms with Gasteiger partial charge in [-0.05, 0) is 37.3 Å². The summed E-state index contributed by atoms with van der Waals surface area (Å²) >= 11 is 0. The predicted octanol–water partition coefficient (Wildman–Crippen LogP) is -11.0. The number of rotatable bonds is 10. The molecule has 264 valence electrons. The molecule has 1 aromatic carbocycles. The van der Waals surface area contributed by atoms with Crippen molar-refractivity contribution in [2.24, 2.45) is 34.4 Å². The molecule has 0 aliphatic heterocycles. The first-order valence-electron chi connectivity index (χ1n) is 11.2. The number of halogens is 2. The number of hydrogen-bond acceptors (Lipinski definition) is 18. The summed E-state index contributed by atoms with van der Waals surface area (Å²) in [5.41, 5.74) is 42.9. The van der Waals surface area contributed by atoms with Crippen molar-refractivity contribution in [2.45, 2.75) is 25.7 Å². The van der Waals surface area contributed by atoms with Gasteiger partial charge in [0.15, 0.2) is 0 Å². The molecule has 0 aliphatic carbocycles. The van der Waals surface area contributed by atoms with Crippen LogP contribution in [-0.4, -0.2) is 51.2 Å². The van der Waals surface area contributed by atoms with Gasteiger partial charge >= 0.3 is 39.8 Å². The van der Waals surface area contributed by atoms with E-state index in [2.05, 4.69) is 0 Å². The van der Waals surface area contributed by atoms with E-state index in [-0.39, 0.29) is 51.0 Å². The van der Waals surface area contributed by atoms with Crippen LogP contribution in [0.15, 0.2) is 24.3 Å². The Morgan fingerprint density at radius 3 is 0.864 bits per heavy atom. The maximum atomic E-state index is 10.2. The van der Waals surface area contributed by atoms with Crippen LogP contribution in [0.25, 0.3) is 11.5 Å². The summed E-state index contributed by atoms with van der Waals surface area (Å²) in [6, 6.07) is 4.61. The molecule has 0 unspecified atom stereocenters. The smallest absolute Gasteiger partial charge is 0.677 e. The topological polar surface area (TPSA) is 468 Å². The minimum atomic E-state index is -4.94. The summed E-state index contributed by atoms with van der Waals surface area (Å²) in [5.74, 6) is -2.67. The van der Waals surface area contributed by atoms with Crippen LogP contribution in [0.2, 0.25) is 0 Å². The van der Waals surface area contributed by atoms with Gasteiger partial charge in [0.1, 0.15) is 0 Å². The number of carbonyl (C=O) groups is 2. The van der Waals surface area contributed by atoms with E-state index in [1.165, 1.54) is 0 Å². The van der Waals surface area contributed by atoms with Crippen molar-refractivity contribution in [1.29, 1.82) is 0 Å². The monoisotopic (exact) mass is 768 g/mol. The van der Waals surface area contributed by atoms with E-state index in [0.717, 1.165) is 49.9 Å². The van der Waals surface area contributed by atoms with E-state index in [1.807, 2.05) is 0 Å². The van der Waals surface area contributed by atoms with Gasteiger partial charge in [-0.3, -0.25) is 13.1 Å². The molecular formula is C20H44Cl2Mn2N8O12. The van der Waals surface area contributed by atoms with Crippen LogP contribution in [0, 0.1) is 33.6 Å². The summed E-state index contributed by atoms with van der Waals surface area (Å²) in [5, 5.41) is 20.4. The van der Waals surface area contributed by atoms with Gasteiger partial charge in [0.2, 0.25) is 0 Å². The first-order valence-corrected chi connectivity index (χ1v) is 13.7. The maximum Gasteiger partial charge on any atom is 2.00 e. The molecule has 0 saturated carbocycles. The SMILES string of the molecule is N[CH-]CCN.N[CH-]CCN.O=C([O-])c1ccc(C(=O)[O-])cc1.[H+].[H+].[H+].[H+].[Mn+2].[Mn+2].[NH-]CCCN.[NH-]CCCN.[O-][Cl+3]([O-])([O-])[O-].[O-][Cl+3]([O-])([O-])[O-]. The number of nitrogens with one attached hydrogen (secondary N) is 2. The number of carboxylic acids is 2. The zero-order valence-corrected chi connectivity index (χ0v) is 27.3. The Hall–Kier alpha value is -0.861. The molecule has 1 aromatic rings. The Balaban J connectivity index is -0.0000000321. The van der Waals surface area contributed by atoms with Crippen LogP contribution < -0.4 is 81.9 Å². The van der Waals surface area contributed by atoms with Gasteiger partial charge < -0.3 is 65.7 Å². The van der Waals surface area contributed by atoms with Crippen LogP contribution in [-0.2, 0) is 34.1 Å². The average Bonchev–Trinajstić information content (AvgIpc) is 2.86. The first-order chi connectivity index (χ1) is 19.3. The molecule has 0 atom stereocenters. The summed E-state index contributed by atoms with van der Waals surface area (Å²) in [6.45, 7) is 6.69. The fraction of sp³-hybridized carbons (Fsp3) is 0.500. The molecule has 24 heteroatoms. The van der Waals surface area contributed by atoms with Gasteiger partial charge in [-0.15, -0.1) is 33.6 Å². The third kappa shape index (κ3) is 105. The second-order valence-electron chi connectivity index (χ2n) is 6.32. The quantitative estimate of drug-likeness (QED) is 0.0950. The summed E-state index contributed by atoms with van der Waals surface area (Å²) in [7, 11) is -9.89. The van der Waals surface area contributed by atoms with Gasteiger partial charge in [0.25, 0.3) is 0 Å². The molecular weight excluding hydrogens is 725 g/mol.